The molecule has 0 aromatic heterocycles. The molecule has 1 unspecified atom stereocenters. The maximum absolute atomic E-state index is 10.9. The van der Waals surface area contributed by atoms with Crippen molar-refractivity contribution < 1.29 is 15.0 Å². The van der Waals surface area contributed by atoms with E-state index in [4.69, 9.17) is 5.11 Å². The second-order valence-electron chi connectivity index (χ2n) is 4.93. The van der Waals surface area contributed by atoms with Gasteiger partial charge in [-0.3, -0.25) is 4.90 Å². The van der Waals surface area contributed by atoms with E-state index in [1.807, 2.05) is 6.07 Å². The van der Waals surface area contributed by atoms with Crippen LogP contribution in [0.25, 0.3) is 0 Å². The summed E-state index contributed by atoms with van der Waals surface area (Å²) in [5.41, 5.74) is 1.36. The number of piperidine rings is 1. The molecule has 0 spiro atoms. The van der Waals surface area contributed by atoms with Gasteiger partial charge in [0.2, 0.25) is 0 Å². The van der Waals surface area contributed by atoms with Crippen molar-refractivity contribution in [3.8, 4) is 0 Å². The summed E-state index contributed by atoms with van der Waals surface area (Å²) < 4.78 is 0. The lowest BCUT2D eigenvalue weighted by Crippen LogP contribution is -2.36. The summed E-state index contributed by atoms with van der Waals surface area (Å²) in [5, 5.41) is 18.1. The fourth-order valence-corrected chi connectivity index (χ4v) is 2.50. The Kier molecular flexibility index (Phi) is 4.33. The molecule has 0 radical (unpaired) electrons. The third kappa shape index (κ3) is 3.31. The van der Waals surface area contributed by atoms with Crippen LogP contribution in [0.15, 0.2) is 24.3 Å². The first-order valence-corrected chi connectivity index (χ1v) is 6.34. The van der Waals surface area contributed by atoms with Crippen molar-refractivity contribution in [2.75, 3.05) is 19.7 Å². The number of carboxylic acid groups (broad SMARTS) is 1. The lowest BCUT2D eigenvalue weighted by Gasteiger charge is -2.31. The Balaban J connectivity index is 2.00. The summed E-state index contributed by atoms with van der Waals surface area (Å²) in [6.45, 7) is 2.92. The zero-order chi connectivity index (χ0) is 13.0. The molecule has 1 aromatic rings. The van der Waals surface area contributed by atoms with Crippen molar-refractivity contribution in [2.45, 2.75) is 19.4 Å². The Morgan fingerprint density at radius 1 is 1.44 bits per heavy atom. The smallest absolute Gasteiger partial charge is 0.335 e. The van der Waals surface area contributed by atoms with E-state index in [2.05, 4.69) is 4.90 Å². The number of rotatable bonds is 4. The van der Waals surface area contributed by atoms with E-state index in [9.17, 15) is 9.90 Å². The Bertz CT molecular complexity index is 419. The van der Waals surface area contributed by atoms with Crippen molar-refractivity contribution in [2.24, 2.45) is 5.92 Å². The molecule has 0 amide bonds. The molecule has 0 saturated carbocycles. The van der Waals surface area contributed by atoms with Crippen LogP contribution in [0, 0.1) is 5.92 Å². The normalized spacial score (nSPS) is 20.8. The Morgan fingerprint density at radius 2 is 2.28 bits per heavy atom. The van der Waals surface area contributed by atoms with Gasteiger partial charge in [-0.05, 0) is 43.0 Å². The maximum atomic E-state index is 10.9. The van der Waals surface area contributed by atoms with Gasteiger partial charge < -0.3 is 10.2 Å². The second kappa shape index (κ2) is 5.98. The number of aliphatic hydroxyl groups excluding tert-OH is 1. The number of aliphatic hydroxyl groups is 1. The van der Waals surface area contributed by atoms with Crippen molar-refractivity contribution >= 4 is 5.97 Å². The van der Waals surface area contributed by atoms with Gasteiger partial charge in [-0.15, -0.1) is 0 Å². The molecule has 4 nitrogen and oxygen atoms in total. The van der Waals surface area contributed by atoms with E-state index in [-0.39, 0.29) is 6.61 Å². The summed E-state index contributed by atoms with van der Waals surface area (Å²) in [7, 11) is 0. The average Bonchev–Trinajstić information content (AvgIpc) is 2.39. The number of carboxylic acids is 1. The molecule has 2 N–H and O–H groups in total. The highest BCUT2D eigenvalue weighted by atomic mass is 16.4. The summed E-state index contributed by atoms with van der Waals surface area (Å²) in [6.07, 6.45) is 2.19. The SMILES string of the molecule is O=C(O)c1cccc(CN2CCCC(CO)C2)c1. The van der Waals surface area contributed by atoms with Gasteiger partial charge >= 0.3 is 5.97 Å². The Labute approximate surface area is 107 Å². The molecule has 18 heavy (non-hydrogen) atoms. The number of carbonyl (C=O) groups is 1. The van der Waals surface area contributed by atoms with E-state index in [1.165, 1.54) is 0 Å². The monoisotopic (exact) mass is 249 g/mol. The van der Waals surface area contributed by atoms with Gasteiger partial charge in [-0.1, -0.05) is 12.1 Å². The number of hydrogen-bond acceptors (Lipinski definition) is 3. The van der Waals surface area contributed by atoms with Crippen LogP contribution in [-0.2, 0) is 6.54 Å². The number of benzene rings is 1. The molecule has 1 atom stereocenters. The molecule has 1 aliphatic heterocycles. The van der Waals surface area contributed by atoms with Crippen LogP contribution in [0.1, 0.15) is 28.8 Å². The topological polar surface area (TPSA) is 60.8 Å². The minimum Gasteiger partial charge on any atom is -0.478 e. The van der Waals surface area contributed by atoms with Crippen LogP contribution in [-0.4, -0.2) is 40.8 Å². The van der Waals surface area contributed by atoms with Gasteiger partial charge in [-0.2, -0.15) is 0 Å². The number of nitrogens with zero attached hydrogens (tertiary/aromatic N) is 1. The molecule has 1 heterocycles. The fourth-order valence-electron chi connectivity index (χ4n) is 2.50. The lowest BCUT2D eigenvalue weighted by atomic mass is 9.98. The minimum absolute atomic E-state index is 0.242. The van der Waals surface area contributed by atoms with E-state index in [0.717, 1.165) is 38.0 Å². The highest BCUT2D eigenvalue weighted by molar-refractivity contribution is 5.87. The van der Waals surface area contributed by atoms with Gasteiger partial charge in [0.25, 0.3) is 0 Å². The molecule has 1 saturated heterocycles. The van der Waals surface area contributed by atoms with E-state index >= 15 is 0 Å². The largest absolute Gasteiger partial charge is 0.478 e. The zero-order valence-electron chi connectivity index (χ0n) is 10.4. The van der Waals surface area contributed by atoms with Crippen molar-refractivity contribution in [3.05, 3.63) is 35.4 Å². The number of hydrogen-bond donors (Lipinski definition) is 2. The van der Waals surface area contributed by atoms with E-state index < -0.39 is 5.97 Å². The third-order valence-corrected chi connectivity index (χ3v) is 3.44. The zero-order valence-corrected chi connectivity index (χ0v) is 10.4. The number of aromatic carboxylic acids is 1. The van der Waals surface area contributed by atoms with Gasteiger partial charge in [-0.25, -0.2) is 4.79 Å². The van der Waals surface area contributed by atoms with Crippen molar-refractivity contribution in [1.29, 1.82) is 0 Å². The van der Waals surface area contributed by atoms with Crippen LogP contribution in [0.2, 0.25) is 0 Å². The average molecular weight is 249 g/mol. The number of likely N-dealkylation sites (tertiary alicyclic amines) is 1. The van der Waals surface area contributed by atoms with Crippen LogP contribution < -0.4 is 0 Å². The van der Waals surface area contributed by atoms with Gasteiger partial charge in [0.05, 0.1) is 5.56 Å². The highest BCUT2D eigenvalue weighted by Crippen LogP contribution is 2.18. The molecular formula is C14H19NO3. The predicted octanol–water partition coefficient (Wildman–Crippen LogP) is 1.59. The summed E-state index contributed by atoms with van der Waals surface area (Å²) in [6, 6.07) is 7.07. The van der Waals surface area contributed by atoms with Crippen LogP contribution in [0.5, 0.6) is 0 Å². The first-order chi connectivity index (χ1) is 8.69. The van der Waals surface area contributed by atoms with Crippen LogP contribution >= 0.6 is 0 Å². The third-order valence-electron chi connectivity index (χ3n) is 3.44. The molecule has 0 aliphatic carbocycles. The minimum atomic E-state index is -0.885. The van der Waals surface area contributed by atoms with Crippen LogP contribution in [0.4, 0.5) is 0 Å². The quantitative estimate of drug-likeness (QED) is 0.850. The Hall–Kier alpha value is -1.39. The summed E-state index contributed by atoms with van der Waals surface area (Å²) in [5.74, 6) is -0.523. The Morgan fingerprint density at radius 3 is 3.00 bits per heavy atom. The standard InChI is InChI=1S/C14H19NO3/c16-10-12-4-2-6-15(9-12)8-11-3-1-5-13(7-11)14(17)18/h1,3,5,7,12,16H,2,4,6,8-10H2,(H,17,18). The van der Waals surface area contributed by atoms with Gasteiger partial charge in [0, 0.05) is 19.7 Å². The molecule has 0 bridgehead atoms. The molecule has 98 valence electrons. The van der Waals surface area contributed by atoms with Crippen molar-refractivity contribution in [1.82, 2.24) is 4.90 Å². The molecule has 4 heteroatoms. The van der Waals surface area contributed by atoms with Crippen molar-refractivity contribution in [3.63, 3.8) is 0 Å². The first kappa shape index (κ1) is 13.1. The molecule has 1 aliphatic rings. The van der Waals surface area contributed by atoms with Crippen LogP contribution in [0.3, 0.4) is 0 Å². The molecule has 1 fully saturated rings. The molecule has 1 aromatic carbocycles. The maximum Gasteiger partial charge on any atom is 0.335 e. The van der Waals surface area contributed by atoms with E-state index in [1.54, 1.807) is 18.2 Å². The van der Waals surface area contributed by atoms with Gasteiger partial charge in [0.15, 0.2) is 0 Å². The highest BCUT2D eigenvalue weighted by Gasteiger charge is 2.19. The summed E-state index contributed by atoms with van der Waals surface area (Å²) >= 11 is 0. The second-order valence-corrected chi connectivity index (χ2v) is 4.93. The summed E-state index contributed by atoms with van der Waals surface area (Å²) in [4.78, 5) is 13.2. The van der Waals surface area contributed by atoms with E-state index in [0.29, 0.717) is 11.5 Å². The predicted molar refractivity (Wildman–Crippen MR) is 68.5 cm³/mol. The lowest BCUT2D eigenvalue weighted by molar-refractivity contribution is 0.0696. The molecule has 2 rings (SSSR count). The fraction of sp³-hybridized carbons (Fsp3) is 0.500. The first-order valence-electron chi connectivity index (χ1n) is 6.34. The van der Waals surface area contributed by atoms with Gasteiger partial charge in [0.1, 0.15) is 0 Å². The molecular weight excluding hydrogens is 230 g/mol.